The average molecular weight is 891 g/mol. The van der Waals surface area contributed by atoms with E-state index in [4.69, 9.17) is 37.9 Å². The second kappa shape index (κ2) is 17.6. The molecule has 4 aliphatic carbocycles. The van der Waals surface area contributed by atoms with Crippen LogP contribution in [-0.2, 0) is 42.7 Å². The van der Waals surface area contributed by atoms with Crippen LogP contribution in [0.2, 0.25) is 0 Å². The van der Waals surface area contributed by atoms with Crippen LogP contribution in [0.15, 0.2) is 11.6 Å². The maximum Gasteiger partial charge on any atom is 0.331 e. The second-order valence-corrected chi connectivity index (χ2v) is 19.5. The zero-order valence-electron chi connectivity index (χ0n) is 35.3. The predicted molar refractivity (Wildman–Crippen MR) is 206 cm³/mol. The Labute approximate surface area is 359 Å². The Morgan fingerprint density at radius 3 is 2.00 bits per heavy atom. The number of methoxy groups -OCH3 is 1. The van der Waals surface area contributed by atoms with Gasteiger partial charge in [0.25, 0.3) is 0 Å². The minimum atomic E-state index is -1.85. The molecule has 0 bridgehead atoms. The third kappa shape index (κ3) is 7.51. The average Bonchev–Trinajstić information content (AvgIpc) is 3.80. The van der Waals surface area contributed by atoms with E-state index < -0.39 is 129 Å². The summed E-state index contributed by atoms with van der Waals surface area (Å²) in [4.78, 5) is 12.0. The molecule has 8 rings (SSSR count). The van der Waals surface area contributed by atoms with Crippen molar-refractivity contribution in [1.82, 2.24) is 0 Å². The van der Waals surface area contributed by atoms with Gasteiger partial charge in [0.05, 0.1) is 37.1 Å². The first-order valence-corrected chi connectivity index (χ1v) is 22.1. The minimum absolute atomic E-state index is 0.0615. The highest BCUT2D eigenvalue weighted by atomic mass is 16.8. The Balaban J connectivity index is 0.900. The van der Waals surface area contributed by atoms with Crippen molar-refractivity contribution >= 4 is 5.97 Å². The van der Waals surface area contributed by atoms with Crippen molar-refractivity contribution < 1.29 is 98.9 Å². The van der Waals surface area contributed by atoms with Crippen molar-refractivity contribution in [3.63, 3.8) is 0 Å². The third-order valence-corrected chi connectivity index (χ3v) is 16.7. The molecule has 4 heterocycles. The molecule has 0 aromatic rings. The summed E-state index contributed by atoms with van der Waals surface area (Å²) in [7, 11) is 1.30. The van der Waals surface area contributed by atoms with Gasteiger partial charge in [-0.1, -0.05) is 13.8 Å². The van der Waals surface area contributed by atoms with Crippen LogP contribution in [-0.4, -0.2) is 205 Å². The van der Waals surface area contributed by atoms with Crippen molar-refractivity contribution in [2.75, 3.05) is 33.5 Å². The van der Waals surface area contributed by atoms with Gasteiger partial charge in [-0.25, -0.2) is 4.79 Å². The largest absolute Gasteiger partial charge is 0.458 e. The monoisotopic (exact) mass is 890 g/mol. The molecule has 23 atom stereocenters. The van der Waals surface area contributed by atoms with Crippen LogP contribution >= 0.6 is 0 Å². The smallest absolute Gasteiger partial charge is 0.331 e. The summed E-state index contributed by atoms with van der Waals surface area (Å²) < 4.78 is 46.1. The molecule has 0 aromatic carbocycles. The van der Waals surface area contributed by atoms with Crippen LogP contribution in [0, 0.1) is 28.6 Å². The first kappa shape index (κ1) is 47.0. The fraction of sp³-hybridized carbons (Fsp3) is 0.929. The van der Waals surface area contributed by atoms with Crippen molar-refractivity contribution in [1.29, 1.82) is 0 Å². The molecule has 20 heteroatoms. The standard InChI is InChI=1S/C42H66O20/c1-39-8-5-20(13-19(39)4-10-41(53)25(39)7-9-40(2)21(6-11-42(40,41)54)18-12-26(45)56-16-18)58-38-33(52)35(55-3)34(23(15-44)60-38)62-37-32(51)30(49)28(47)24(61-37)17-57-36-31(50)29(48)27(46)22(14-43)59-36/h12,19-25,27-38,43-44,46-54H,4-11,13-17H2,1-3H3/t19-,20+,21-,22-,23-,24-,25-,27-,28-,29+,30+,31-,32-,33+,34+,35-,36-,37+,38-,39+,40-,41+,42-/m1/s1. The summed E-state index contributed by atoms with van der Waals surface area (Å²) in [6.45, 7) is 2.53. The van der Waals surface area contributed by atoms with E-state index in [1.807, 2.05) is 0 Å². The van der Waals surface area contributed by atoms with Crippen LogP contribution < -0.4 is 0 Å². The molecule has 4 saturated carbocycles. The number of ether oxygens (including phenoxy) is 8. The van der Waals surface area contributed by atoms with Gasteiger partial charge in [0.1, 0.15) is 79.9 Å². The number of aliphatic hydroxyl groups excluding tert-OH is 9. The lowest BCUT2D eigenvalue weighted by atomic mass is 9.41. The van der Waals surface area contributed by atoms with Gasteiger partial charge in [-0.05, 0) is 86.5 Å². The Morgan fingerprint density at radius 1 is 0.694 bits per heavy atom. The molecule has 20 nitrogen and oxygen atoms in total. The Morgan fingerprint density at radius 2 is 1.34 bits per heavy atom. The predicted octanol–water partition coefficient (Wildman–Crippen LogP) is -3.15. The quantitative estimate of drug-likeness (QED) is 0.0721. The van der Waals surface area contributed by atoms with Crippen molar-refractivity contribution in [3.05, 3.63) is 11.6 Å². The van der Waals surface area contributed by atoms with Gasteiger partial charge in [-0.2, -0.15) is 0 Å². The van der Waals surface area contributed by atoms with E-state index in [2.05, 4.69) is 13.8 Å². The summed E-state index contributed by atoms with van der Waals surface area (Å²) in [5.74, 6) is -0.485. The molecule has 4 aliphatic heterocycles. The highest BCUT2D eigenvalue weighted by molar-refractivity contribution is 5.85. The van der Waals surface area contributed by atoms with Crippen LogP contribution in [0.5, 0.6) is 0 Å². The molecule has 0 amide bonds. The summed E-state index contributed by atoms with van der Waals surface area (Å²) in [6.07, 6.45) is -16.5. The van der Waals surface area contributed by atoms with Crippen molar-refractivity contribution in [2.45, 2.75) is 181 Å². The lowest BCUT2D eigenvalue weighted by Gasteiger charge is -2.67. The number of fused-ring (bicyclic) bond motifs is 5. The molecular weight excluding hydrogens is 824 g/mol. The maximum absolute atomic E-state index is 12.7. The summed E-state index contributed by atoms with van der Waals surface area (Å²) in [6, 6.07) is 0. The third-order valence-electron chi connectivity index (χ3n) is 16.7. The number of hydrogen-bond acceptors (Lipinski definition) is 20. The van der Waals surface area contributed by atoms with E-state index in [1.165, 1.54) is 7.11 Å². The van der Waals surface area contributed by atoms with Gasteiger partial charge in [-0.3, -0.25) is 0 Å². The second-order valence-electron chi connectivity index (χ2n) is 19.5. The van der Waals surface area contributed by atoms with E-state index >= 15 is 0 Å². The molecule has 354 valence electrons. The van der Waals surface area contributed by atoms with Crippen molar-refractivity contribution in [2.24, 2.45) is 28.6 Å². The highest BCUT2D eigenvalue weighted by Gasteiger charge is 2.74. The molecule has 0 radical (unpaired) electrons. The molecule has 0 unspecified atom stereocenters. The zero-order valence-corrected chi connectivity index (χ0v) is 35.3. The molecule has 3 saturated heterocycles. The van der Waals surface area contributed by atoms with Crippen molar-refractivity contribution in [3.8, 4) is 0 Å². The molecular formula is C42H66O20. The number of hydrogen-bond donors (Lipinski definition) is 11. The number of carbonyl (C=O) groups excluding carboxylic acids is 1. The van der Waals surface area contributed by atoms with Gasteiger partial charge in [0.2, 0.25) is 0 Å². The summed E-state index contributed by atoms with van der Waals surface area (Å²) >= 11 is 0. The first-order valence-electron chi connectivity index (χ1n) is 22.1. The van der Waals surface area contributed by atoms with Gasteiger partial charge in [0.15, 0.2) is 18.9 Å². The van der Waals surface area contributed by atoms with Gasteiger partial charge < -0.3 is 94.1 Å². The van der Waals surface area contributed by atoms with E-state index in [-0.39, 0.29) is 41.8 Å². The number of aliphatic hydroxyl groups is 11. The van der Waals surface area contributed by atoms with Crippen LogP contribution in [0.25, 0.3) is 0 Å². The molecule has 0 spiro atoms. The molecule has 62 heavy (non-hydrogen) atoms. The van der Waals surface area contributed by atoms with Gasteiger partial charge in [0, 0.05) is 18.6 Å². The first-order chi connectivity index (χ1) is 29.3. The SMILES string of the molecule is CO[C@@H]1[C@H](O)[C@H](O[C@H]2CC[C@@]3(C)[C@H](CC[C@]4(O)[C@@H]3CC[C@]3(C)[C@@H](C5=CC(=O)OC5)CC[C@@]34O)C2)O[C@H](CO)[C@@H]1O[C@@H]1O[C@H](CO[C@@H]2O[C@H](CO)[C@@H](O)[C@H](O)[C@H]2O)[C@@H](O)[C@H](O)[C@H]1O. The normalized spacial score (nSPS) is 54.3. The Hall–Kier alpha value is -1.51. The lowest BCUT2D eigenvalue weighted by molar-refractivity contribution is -0.371. The van der Waals surface area contributed by atoms with E-state index in [1.54, 1.807) is 6.08 Å². The number of esters is 1. The van der Waals surface area contributed by atoms with Gasteiger partial charge in [-0.15, -0.1) is 0 Å². The maximum atomic E-state index is 12.7. The Bertz CT molecular complexity index is 1640. The Kier molecular flexibility index (Phi) is 13.4. The topological polar surface area (TPSA) is 313 Å². The fourth-order valence-electron chi connectivity index (χ4n) is 13.0. The van der Waals surface area contributed by atoms with Crippen LogP contribution in [0.1, 0.15) is 71.6 Å². The number of rotatable bonds is 11. The van der Waals surface area contributed by atoms with Crippen LogP contribution in [0.4, 0.5) is 0 Å². The molecule has 7 fully saturated rings. The number of cyclic esters (lactones) is 1. The minimum Gasteiger partial charge on any atom is -0.458 e. The van der Waals surface area contributed by atoms with E-state index in [9.17, 15) is 61.0 Å². The summed E-state index contributed by atoms with van der Waals surface area (Å²) in [5.41, 5.74) is -2.71. The van der Waals surface area contributed by atoms with E-state index in [0.29, 0.717) is 57.8 Å². The molecule has 11 N–H and O–H groups in total. The number of carbonyl (C=O) groups is 1. The van der Waals surface area contributed by atoms with Crippen LogP contribution in [0.3, 0.4) is 0 Å². The van der Waals surface area contributed by atoms with E-state index in [0.717, 1.165) is 5.57 Å². The zero-order chi connectivity index (χ0) is 44.7. The van der Waals surface area contributed by atoms with Gasteiger partial charge >= 0.3 is 5.97 Å². The fourth-order valence-corrected chi connectivity index (χ4v) is 13.0. The molecule has 0 aromatic heterocycles. The molecule has 8 aliphatic rings. The highest BCUT2D eigenvalue weighted by Crippen LogP contribution is 2.71. The summed E-state index contributed by atoms with van der Waals surface area (Å²) in [5, 5.41) is 120. The lowest BCUT2D eigenvalue weighted by Crippen LogP contribution is -2.73.